The molecule has 1 aromatic carbocycles. The molecule has 1 aliphatic carbocycles. The lowest BCUT2D eigenvalue weighted by Crippen LogP contribution is -2.19. The Labute approximate surface area is 116 Å². The number of nitrogens with two attached hydrogens (primary N) is 1. The summed E-state index contributed by atoms with van der Waals surface area (Å²) in [7, 11) is -2.91. The fourth-order valence-electron chi connectivity index (χ4n) is 2.67. The van der Waals surface area contributed by atoms with Crippen molar-refractivity contribution in [1.29, 1.82) is 0 Å². The first-order chi connectivity index (χ1) is 8.95. The van der Waals surface area contributed by atoms with Crippen LogP contribution in [0.4, 0.5) is 0 Å². The summed E-state index contributed by atoms with van der Waals surface area (Å²) in [5.74, 6) is 0.284. The average Bonchev–Trinajstić information content (AvgIpc) is 3.09. The fourth-order valence-corrected chi connectivity index (χ4v) is 4.13. The van der Waals surface area contributed by atoms with Gasteiger partial charge in [-0.15, -0.1) is 0 Å². The fraction of sp³-hybridized carbons (Fsp3) is 0.600. The SMILES string of the molecule is CS(=O)(=O)CC1(c2ccc(CCCCN)cc2)CC1. The number of aryl methyl sites for hydroxylation is 1. The van der Waals surface area contributed by atoms with E-state index in [0.29, 0.717) is 0 Å². The molecule has 2 rings (SSSR count). The maximum atomic E-state index is 11.5. The first-order valence-electron chi connectivity index (χ1n) is 6.92. The third-order valence-electron chi connectivity index (χ3n) is 3.88. The van der Waals surface area contributed by atoms with Crippen molar-refractivity contribution in [1.82, 2.24) is 0 Å². The Morgan fingerprint density at radius 2 is 1.79 bits per heavy atom. The van der Waals surface area contributed by atoms with E-state index < -0.39 is 9.84 Å². The number of rotatable bonds is 7. The van der Waals surface area contributed by atoms with Crippen LogP contribution in [0.3, 0.4) is 0 Å². The predicted molar refractivity (Wildman–Crippen MR) is 79.1 cm³/mol. The van der Waals surface area contributed by atoms with Crippen molar-refractivity contribution in [3.05, 3.63) is 35.4 Å². The molecule has 0 aromatic heterocycles. The zero-order valence-corrected chi connectivity index (χ0v) is 12.4. The standard InChI is InChI=1S/C15H23NO2S/c1-19(17,18)12-15(9-10-15)14-7-5-13(6-8-14)4-2-3-11-16/h5-8H,2-4,9-12,16H2,1H3. The summed E-state index contributed by atoms with van der Waals surface area (Å²) in [6.07, 6.45) is 6.54. The molecule has 2 N–H and O–H groups in total. The Bertz CT molecular complexity index is 516. The van der Waals surface area contributed by atoms with Crippen molar-refractivity contribution in [2.75, 3.05) is 18.6 Å². The minimum atomic E-state index is -2.91. The number of benzene rings is 1. The van der Waals surface area contributed by atoms with E-state index >= 15 is 0 Å². The van der Waals surface area contributed by atoms with E-state index in [-0.39, 0.29) is 11.2 Å². The molecule has 0 bridgehead atoms. The van der Waals surface area contributed by atoms with Crippen LogP contribution < -0.4 is 5.73 Å². The van der Waals surface area contributed by atoms with Crippen molar-refractivity contribution < 1.29 is 8.42 Å². The van der Waals surface area contributed by atoms with Gasteiger partial charge in [-0.05, 0) is 49.8 Å². The molecule has 4 heteroatoms. The maximum absolute atomic E-state index is 11.5. The Kier molecular flexibility index (Phi) is 4.31. The van der Waals surface area contributed by atoms with Crippen molar-refractivity contribution in [3.63, 3.8) is 0 Å². The zero-order chi connectivity index (χ0) is 13.9. The minimum Gasteiger partial charge on any atom is -0.330 e. The second-order valence-electron chi connectivity index (χ2n) is 5.79. The highest BCUT2D eigenvalue weighted by Crippen LogP contribution is 2.49. The van der Waals surface area contributed by atoms with Gasteiger partial charge in [-0.25, -0.2) is 8.42 Å². The monoisotopic (exact) mass is 281 g/mol. The normalized spacial score (nSPS) is 17.4. The molecule has 0 heterocycles. The summed E-state index contributed by atoms with van der Waals surface area (Å²) in [5, 5.41) is 0. The van der Waals surface area contributed by atoms with Crippen LogP contribution in [0.25, 0.3) is 0 Å². The Balaban J connectivity index is 2.02. The molecule has 0 saturated heterocycles. The van der Waals surface area contributed by atoms with Gasteiger partial charge in [0.15, 0.2) is 0 Å². The molecule has 0 atom stereocenters. The van der Waals surface area contributed by atoms with Crippen LogP contribution in [-0.4, -0.2) is 27.0 Å². The molecule has 106 valence electrons. The molecule has 1 fully saturated rings. The quantitative estimate of drug-likeness (QED) is 0.778. The van der Waals surface area contributed by atoms with Crippen LogP contribution in [0.2, 0.25) is 0 Å². The summed E-state index contributed by atoms with van der Waals surface area (Å²) >= 11 is 0. The molecule has 1 aromatic rings. The topological polar surface area (TPSA) is 60.2 Å². The number of unbranched alkanes of at least 4 members (excludes halogenated alkanes) is 1. The molecule has 0 spiro atoms. The van der Waals surface area contributed by atoms with E-state index in [4.69, 9.17) is 5.73 Å². The zero-order valence-electron chi connectivity index (χ0n) is 11.6. The molecule has 0 radical (unpaired) electrons. The molecule has 0 amide bonds. The third kappa shape index (κ3) is 4.05. The van der Waals surface area contributed by atoms with Crippen molar-refractivity contribution in [2.24, 2.45) is 5.73 Å². The molecule has 0 aliphatic heterocycles. The van der Waals surface area contributed by atoms with Gasteiger partial charge in [0.1, 0.15) is 9.84 Å². The van der Waals surface area contributed by atoms with Gasteiger partial charge in [-0.3, -0.25) is 0 Å². The molecule has 19 heavy (non-hydrogen) atoms. The van der Waals surface area contributed by atoms with E-state index in [9.17, 15) is 8.42 Å². The average molecular weight is 281 g/mol. The third-order valence-corrected chi connectivity index (χ3v) is 4.95. The van der Waals surface area contributed by atoms with Crippen LogP contribution >= 0.6 is 0 Å². The van der Waals surface area contributed by atoms with E-state index in [1.807, 2.05) is 0 Å². The second-order valence-corrected chi connectivity index (χ2v) is 7.93. The number of sulfone groups is 1. The van der Waals surface area contributed by atoms with Gasteiger partial charge in [0, 0.05) is 11.7 Å². The highest BCUT2D eigenvalue weighted by Gasteiger charge is 2.46. The van der Waals surface area contributed by atoms with Gasteiger partial charge < -0.3 is 5.73 Å². The molecule has 1 aliphatic rings. The van der Waals surface area contributed by atoms with Crippen LogP contribution in [0.1, 0.15) is 36.8 Å². The van der Waals surface area contributed by atoms with Crippen molar-refractivity contribution in [3.8, 4) is 0 Å². The van der Waals surface area contributed by atoms with Gasteiger partial charge in [-0.2, -0.15) is 0 Å². The molecule has 3 nitrogen and oxygen atoms in total. The minimum absolute atomic E-state index is 0.0939. The van der Waals surface area contributed by atoms with Crippen LogP contribution in [0, 0.1) is 0 Å². The Morgan fingerprint density at radius 1 is 1.16 bits per heavy atom. The lowest BCUT2D eigenvalue weighted by Gasteiger charge is -2.15. The smallest absolute Gasteiger partial charge is 0.148 e. The van der Waals surface area contributed by atoms with E-state index in [2.05, 4.69) is 24.3 Å². The van der Waals surface area contributed by atoms with Crippen molar-refractivity contribution >= 4 is 9.84 Å². The summed E-state index contributed by atoms with van der Waals surface area (Å²) in [4.78, 5) is 0. The van der Waals surface area contributed by atoms with Crippen LogP contribution in [-0.2, 0) is 21.7 Å². The van der Waals surface area contributed by atoms with E-state index in [1.54, 1.807) is 0 Å². The highest BCUT2D eigenvalue weighted by atomic mass is 32.2. The van der Waals surface area contributed by atoms with Gasteiger partial charge in [0.05, 0.1) is 5.75 Å². The van der Waals surface area contributed by atoms with Gasteiger partial charge >= 0.3 is 0 Å². The molecule has 0 unspecified atom stereocenters. The highest BCUT2D eigenvalue weighted by molar-refractivity contribution is 7.90. The summed E-state index contributed by atoms with van der Waals surface area (Å²) < 4.78 is 23.0. The Morgan fingerprint density at radius 3 is 2.26 bits per heavy atom. The summed E-state index contributed by atoms with van der Waals surface area (Å²) in [6, 6.07) is 8.48. The second kappa shape index (κ2) is 5.63. The maximum Gasteiger partial charge on any atom is 0.148 e. The largest absolute Gasteiger partial charge is 0.330 e. The molecular formula is C15H23NO2S. The van der Waals surface area contributed by atoms with Gasteiger partial charge in [-0.1, -0.05) is 24.3 Å². The first-order valence-corrected chi connectivity index (χ1v) is 8.98. The summed E-state index contributed by atoms with van der Waals surface area (Å²) in [6.45, 7) is 0.746. The molecule has 1 saturated carbocycles. The van der Waals surface area contributed by atoms with Crippen LogP contribution in [0.5, 0.6) is 0 Å². The van der Waals surface area contributed by atoms with E-state index in [0.717, 1.165) is 38.6 Å². The Hall–Kier alpha value is -0.870. The molecular weight excluding hydrogens is 258 g/mol. The van der Waals surface area contributed by atoms with E-state index in [1.165, 1.54) is 17.4 Å². The van der Waals surface area contributed by atoms with Crippen LogP contribution in [0.15, 0.2) is 24.3 Å². The lowest BCUT2D eigenvalue weighted by molar-refractivity contribution is 0.592. The first kappa shape index (κ1) is 14.5. The lowest BCUT2D eigenvalue weighted by atomic mass is 9.96. The number of hydrogen-bond acceptors (Lipinski definition) is 3. The number of hydrogen-bond donors (Lipinski definition) is 1. The van der Waals surface area contributed by atoms with Gasteiger partial charge in [0.25, 0.3) is 0 Å². The van der Waals surface area contributed by atoms with Crippen molar-refractivity contribution in [2.45, 2.75) is 37.5 Å². The van der Waals surface area contributed by atoms with Gasteiger partial charge in [0.2, 0.25) is 0 Å². The predicted octanol–water partition coefficient (Wildman–Crippen LogP) is 2.04. The summed E-state index contributed by atoms with van der Waals surface area (Å²) in [5.41, 5.74) is 7.88.